The summed E-state index contributed by atoms with van der Waals surface area (Å²) in [6.45, 7) is 11.9. The highest BCUT2D eigenvalue weighted by Crippen LogP contribution is 2.32. The van der Waals surface area contributed by atoms with Gasteiger partial charge in [0.1, 0.15) is 5.82 Å². The first-order chi connectivity index (χ1) is 9.37. The molecule has 1 saturated carbocycles. The first kappa shape index (κ1) is 15.4. The van der Waals surface area contributed by atoms with E-state index in [-0.39, 0.29) is 5.54 Å². The van der Waals surface area contributed by atoms with E-state index in [9.17, 15) is 0 Å². The van der Waals surface area contributed by atoms with E-state index in [1.54, 1.807) is 0 Å². The molecule has 1 N–H and O–H groups in total. The summed E-state index contributed by atoms with van der Waals surface area (Å²) >= 11 is 0. The Balaban J connectivity index is 2.06. The molecule has 0 radical (unpaired) electrons. The summed E-state index contributed by atoms with van der Waals surface area (Å²) in [6.07, 6.45) is 6.22. The van der Waals surface area contributed by atoms with Crippen molar-refractivity contribution in [2.45, 2.75) is 78.2 Å². The van der Waals surface area contributed by atoms with Crippen molar-refractivity contribution in [2.75, 3.05) is 6.54 Å². The maximum Gasteiger partial charge on any atom is 0.131 e. The molecule has 0 amide bonds. The molecular weight excluding hydrogens is 246 g/mol. The maximum atomic E-state index is 4.79. The minimum absolute atomic E-state index is 0.173. The average molecular weight is 275 g/mol. The monoisotopic (exact) mass is 275 g/mol. The Morgan fingerprint density at radius 2 is 1.60 bits per heavy atom. The number of rotatable bonds is 4. The molecular formula is C17H29N3. The number of hydrogen-bond donors (Lipinski definition) is 1. The van der Waals surface area contributed by atoms with Crippen LogP contribution < -0.4 is 5.32 Å². The predicted octanol–water partition coefficient (Wildman–Crippen LogP) is 3.68. The van der Waals surface area contributed by atoms with E-state index in [4.69, 9.17) is 9.97 Å². The maximum absolute atomic E-state index is 4.79. The van der Waals surface area contributed by atoms with Crippen LogP contribution in [0.1, 0.15) is 75.1 Å². The molecule has 0 unspecified atom stereocenters. The van der Waals surface area contributed by atoms with Gasteiger partial charge in [-0.2, -0.15) is 0 Å². The lowest BCUT2D eigenvalue weighted by atomic mass is 10.0. The highest BCUT2D eigenvalue weighted by Gasteiger charge is 2.21. The number of hydrogen-bond acceptors (Lipinski definition) is 3. The zero-order valence-corrected chi connectivity index (χ0v) is 13.7. The van der Waals surface area contributed by atoms with Crippen molar-refractivity contribution < 1.29 is 0 Å². The Morgan fingerprint density at radius 3 is 2.10 bits per heavy atom. The lowest BCUT2D eigenvalue weighted by molar-refractivity contribution is 0.428. The van der Waals surface area contributed by atoms with E-state index >= 15 is 0 Å². The fourth-order valence-electron chi connectivity index (χ4n) is 3.06. The van der Waals surface area contributed by atoms with Crippen molar-refractivity contribution in [3.05, 3.63) is 22.8 Å². The van der Waals surface area contributed by atoms with Gasteiger partial charge in [0, 0.05) is 22.8 Å². The van der Waals surface area contributed by atoms with Gasteiger partial charge in [-0.3, -0.25) is 0 Å². The molecule has 1 aromatic rings. The second kappa shape index (κ2) is 6.21. The Bertz CT molecular complexity index is 431. The smallest absolute Gasteiger partial charge is 0.131 e. The second-order valence-electron chi connectivity index (χ2n) is 7.14. The number of nitrogens with one attached hydrogen (secondary N) is 1. The van der Waals surface area contributed by atoms with Crippen LogP contribution in [-0.2, 0) is 6.42 Å². The molecule has 112 valence electrons. The summed E-state index contributed by atoms with van der Waals surface area (Å²) in [6, 6.07) is 0. The van der Waals surface area contributed by atoms with E-state index in [1.807, 2.05) is 0 Å². The summed E-state index contributed by atoms with van der Waals surface area (Å²) in [5.74, 6) is 1.69. The molecule has 1 heterocycles. The van der Waals surface area contributed by atoms with Gasteiger partial charge in [0.05, 0.1) is 0 Å². The normalized spacial score (nSPS) is 16.9. The molecule has 0 spiro atoms. The fraction of sp³-hybridized carbons (Fsp3) is 0.765. The SMILES string of the molecule is Cc1nc(C2CCCC2)nc(C)c1CCNC(C)(C)C. The zero-order valence-electron chi connectivity index (χ0n) is 13.7. The average Bonchev–Trinajstić information content (AvgIpc) is 2.84. The molecule has 0 saturated heterocycles. The van der Waals surface area contributed by atoms with Crippen LogP contribution in [0.4, 0.5) is 0 Å². The van der Waals surface area contributed by atoms with Crippen molar-refractivity contribution in [1.29, 1.82) is 0 Å². The minimum Gasteiger partial charge on any atom is -0.312 e. The highest BCUT2D eigenvalue weighted by molar-refractivity contribution is 5.25. The van der Waals surface area contributed by atoms with Crippen LogP contribution in [0.3, 0.4) is 0 Å². The van der Waals surface area contributed by atoms with E-state index in [0.717, 1.165) is 18.8 Å². The third kappa shape index (κ3) is 4.02. The van der Waals surface area contributed by atoms with Crippen LogP contribution >= 0.6 is 0 Å². The molecule has 2 rings (SSSR count). The lowest BCUT2D eigenvalue weighted by Gasteiger charge is -2.21. The van der Waals surface area contributed by atoms with E-state index < -0.39 is 0 Å². The third-order valence-corrected chi connectivity index (χ3v) is 4.19. The molecule has 1 aromatic heterocycles. The van der Waals surface area contributed by atoms with Crippen LogP contribution in [0.2, 0.25) is 0 Å². The molecule has 0 aromatic carbocycles. The van der Waals surface area contributed by atoms with Crippen LogP contribution in [0.15, 0.2) is 0 Å². The molecule has 20 heavy (non-hydrogen) atoms. The molecule has 1 fully saturated rings. The van der Waals surface area contributed by atoms with Crippen molar-refractivity contribution in [2.24, 2.45) is 0 Å². The zero-order chi connectivity index (χ0) is 14.8. The largest absolute Gasteiger partial charge is 0.312 e. The van der Waals surface area contributed by atoms with Gasteiger partial charge >= 0.3 is 0 Å². The number of aromatic nitrogens is 2. The predicted molar refractivity (Wildman–Crippen MR) is 84.2 cm³/mol. The standard InChI is InChI=1S/C17H29N3/c1-12-15(10-11-18-17(3,4)5)13(2)20-16(19-12)14-8-6-7-9-14/h14,18H,6-11H2,1-5H3. The van der Waals surface area contributed by atoms with Crippen molar-refractivity contribution in [1.82, 2.24) is 15.3 Å². The summed E-state index contributed by atoms with van der Waals surface area (Å²) in [4.78, 5) is 9.58. The van der Waals surface area contributed by atoms with Crippen molar-refractivity contribution in [3.8, 4) is 0 Å². The summed E-state index contributed by atoms with van der Waals surface area (Å²) < 4.78 is 0. The number of aryl methyl sites for hydroxylation is 2. The van der Waals surface area contributed by atoms with Crippen LogP contribution in [0.25, 0.3) is 0 Å². The Labute approximate surface area is 123 Å². The summed E-state index contributed by atoms with van der Waals surface area (Å²) in [5.41, 5.74) is 3.85. The number of nitrogens with zero attached hydrogens (tertiary/aromatic N) is 2. The van der Waals surface area contributed by atoms with E-state index in [1.165, 1.54) is 42.6 Å². The van der Waals surface area contributed by atoms with E-state index in [2.05, 4.69) is 39.9 Å². The molecule has 1 aliphatic rings. The third-order valence-electron chi connectivity index (χ3n) is 4.19. The van der Waals surface area contributed by atoms with Gasteiger partial charge in [0.15, 0.2) is 0 Å². The van der Waals surface area contributed by atoms with Gasteiger partial charge in [-0.05, 0) is 66.0 Å². The Hall–Kier alpha value is -0.960. The molecule has 1 aliphatic carbocycles. The van der Waals surface area contributed by atoms with Crippen molar-refractivity contribution >= 4 is 0 Å². The summed E-state index contributed by atoms with van der Waals surface area (Å²) in [7, 11) is 0. The van der Waals surface area contributed by atoms with Gasteiger partial charge < -0.3 is 5.32 Å². The second-order valence-corrected chi connectivity index (χ2v) is 7.14. The quantitative estimate of drug-likeness (QED) is 0.911. The highest BCUT2D eigenvalue weighted by atomic mass is 14.9. The Kier molecular flexibility index (Phi) is 4.79. The van der Waals surface area contributed by atoms with Crippen LogP contribution in [0.5, 0.6) is 0 Å². The fourth-order valence-corrected chi connectivity index (χ4v) is 3.06. The van der Waals surface area contributed by atoms with Gasteiger partial charge in [-0.25, -0.2) is 9.97 Å². The minimum atomic E-state index is 0.173. The van der Waals surface area contributed by atoms with Crippen molar-refractivity contribution in [3.63, 3.8) is 0 Å². The van der Waals surface area contributed by atoms with Gasteiger partial charge in [0.25, 0.3) is 0 Å². The Morgan fingerprint density at radius 1 is 1.05 bits per heavy atom. The summed E-state index contributed by atoms with van der Waals surface area (Å²) in [5, 5.41) is 3.54. The van der Waals surface area contributed by atoms with E-state index in [0.29, 0.717) is 5.92 Å². The molecule has 0 bridgehead atoms. The molecule has 3 nitrogen and oxygen atoms in total. The van der Waals surface area contributed by atoms with Gasteiger partial charge in [0.2, 0.25) is 0 Å². The molecule has 0 aliphatic heterocycles. The molecule has 0 atom stereocenters. The first-order valence-electron chi connectivity index (χ1n) is 7.96. The van der Waals surface area contributed by atoms with Crippen LogP contribution in [0, 0.1) is 13.8 Å². The topological polar surface area (TPSA) is 37.8 Å². The van der Waals surface area contributed by atoms with Gasteiger partial charge in [-0.15, -0.1) is 0 Å². The van der Waals surface area contributed by atoms with Gasteiger partial charge in [-0.1, -0.05) is 12.8 Å². The lowest BCUT2D eigenvalue weighted by Crippen LogP contribution is -2.37. The van der Waals surface area contributed by atoms with Crippen LogP contribution in [-0.4, -0.2) is 22.1 Å². The first-order valence-corrected chi connectivity index (χ1v) is 7.96. The molecule has 3 heteroatoms.